The summed E-state index contributed by atoms with van der Waals surface area (Å²) in [6.07, 6.45) is 2.53. The van der Waals surface area contributed by atoms with Crippen LogP contribution in [-0.4, -0.2) is 47.7 Å². The van der Waals surface area contributed by atoms with Crippen molar-refractivity contribution in [3.05, 3.63) is 39.7 Å². The number of aromatic hydroxyl groups is 1. The van der Waals surface area contributed by atoms with E-state index in [-0.39, 0.29) is 23.7 Å². The number of hydrogen-bond acceptors (Lipinski definition) is 4. The van der Waals surface area contributed by atoms with Gasteiger partial charge in [0.25, 0.3) is 11.5 Å². The number of benzene rings is 1. The van der Waals surface area contributed by atoms with Crippen LogP contribution in [0.1, 0.15) is 28.8 Å². The third-order valence-electron chi connectivity index (χ3n) is 4.46. The molecule has 0 bridgehead atoms. The quantitative estimate of drug-likeness (QED) is 0.792. The van der Waals surface area contributed by atoms with Crippen molar-refractivity contribution in [3.63, 3.8) is 0 Å². The third kappa shape index (κ3) is 3.65. The minimum atomic E-state index is -0.502. The number of hydrogen-bond donors (Lipinski definition) is 2. The molecule has 1 aromatic heterocycles. The normalized spacial score (nSPS) is 12.9. The standard InChI is InChI=1S/C18H23N3O3.ClH/c1-20(2)10-5-9-19-17(23)14-16(22)13-8-3-6-12-7-4-11-21(15(12)13)18(14)24;/h3,6,8,22H,4-5,7,9-11H2,1-2H3,(H,19,23);1H. The van der Waals surface area contributed by atoms with Gasteiger partial charge in [-0.2, -0.15) is 0 Å². The lowest BCUT2D eigenvalue weighted by molar-refractivity contribution is 0.0947. The molecule has 2 N–H and O–H groups in total. The maximum absolute atomic E-state index is 12.7. The first kappa shape index (κ1) is 19.3. The minimum absolute atomic E-state index is 0. The van der Waals surface area contributed by atoms with E-state index in [0.717, 1.165) is 36.9 Å². The number of rotatable bonds is 5. The molecule has 0 spiro atoms. The number of nitrogens with zero attached hydrogens (tertiary/aromatic N) is 2. The van der Waals surface area contributed by atoms with Crippen molar-refractivity contribution in [1.82, 2.24) is 14.8 Å². The SMILES string of the molecule is CN(C)CCCNC(=O)c1c(O)c2cccc3c2n(c1=O)CCC3.Cl. The lowest BCUT2D eigenvalue weighted by atomic mass is 9.99. The smallest absolute Gasteiger partial charge is 0.267 e. The van der Waals surface area contributed by atoms with Crippen molar-refractivity contribution in [2.24, 2.45) is 0 Å². The van der Waals surface area contributed by atoms with Crippen LogP contribution in [-0.2, 0) is 13.0 Å². The Morgan fingerprint density at radius 2 is 2.12 bits per heavy atom. The molecule has 25 heavy (non-hydrogen) atoms. The van der Waals surface area contributed by atoms with Gasteiger partial charge in [0.2, 0.25) is 0 Å². The number of carbonyl (C=O) groups is 1. The first-order valence-corrected chi connectivity index (χ1v) is 8.31. The van der Waals surface area contributed by atoms with Gasteiger partial charge in [-0.05, 0) is 51.5 Å². The molecule has 2 heterocycles. The van der Waals surface area contributed by atoms with Gasteiger partial charge >= 0.3 is 0 Å². The molecule has 0 aliphatic carbocycles. The molecule has 1 amide bonds. The second kappa shape index (κ2) is 7.89. The van der Waals surface area contributed by atoms with E-state index in [0.29, 0.717) is 18.5 Å². The number of aromatic nitrogens is 1. The second-order valence-electron chi connectivity index (χ2n) is 6.51. The van der Waals surface area contributed by atoms with Gasteiger partial charge in [0.15, 0.2) is 0 Å². The molecule has 3 rings (SSSR count). The Labute approximate surface area is 152 Å². The first-order chi connectivity index (χ1) is 11.5. The summed E-state index contributed by atoms with van der Waals surface area (Å²) in [7, 11) is 3.93. The van der Waals surface area contributed by atoms with Crippen molar-refractivity contribution >= 4 is 29.2 Å². The zero-order valence-corrected chi connectivity index (χ0v) is 15.4. The van der Waals surface area contributed by atoms with Crippen molar-refractivity contribution in [1.29, 1.82) is 0 Å². The average molecular weight is 366 g/mol. The zero-order valence-electron chi connectivity index (χ0n) is 14.5. The van der Waals surface area contributed by atoms with E-state index >= 15 is 0 Å². The number of nitrogens with one attached hydrogen (secondary N) is 1. The van der Waals surface area contributed by atoms with Crippen LogP contribution >= 0.6 is 12.4 Å². The number of aryl methyl sites for hydroxylation is 2. The Balaban J connectivity index is 0.00000225. The molecule has 0 radical (unpaired) electrons. The fourth-order valence-electron chi connectivity index (χ4n) is 3.31. The lowest BCUT2D eigenvalue weighted by Gasteiger charge is -2.21. The molecule has 1 aromatic carbocycles. The highest BCUT2D eigenvalue weighted by Crippen LogP contribution is 2.31. The third-order valence-corrected chi connectivity index (χ3v) is 4.46. The monoisotopic (exact) mass is 365 g/mol. The van der Waals surface area contributed by atoms with Gasteiger partial charge in [0.1, 0.15) is 11.3 Å². The highest BCUT2D eigenvalue weighted by Gasteiger charge is 2.24. The predicted octanol–water partition coefficient (Wildman–Crippen LogP) is 1.76. The van der Waals surface area contributed by atoms with Gasteiger partial charge in [-0.1, -0.05) is 12.1 Å². The van der Waals surface area contributed by atoms with Crippen LogP contribution in [0.2, 0.25) is 0 Å². The summed E-state index contributed by atoms with van der Waals surface area (Å²) in [5.41, 5.74) is 1.25. The first-order valence-electron chi connectivity index (χ1n) is 8.31. The van der Waals surface area contributed by atoms with Crippen molar-refractivity contribution in [2.45, 2.75) is 25.8 Å². The predicted molar refractivity (Wildman–Crippen MR) is 101 cm³/mol. The highest BCUT2D eigenvalue weighted by atomic mass is 35.5. The summed E-state index contributed by atoms with van der Waals surface area (Å²) >= 11 is 0. The van der Waals surface area contributed by atoms with Gasteiger partial charge in [0.05, 0.1) is 5.52 Å². The fourth-order valence-corrected chi connectivity index (χ4v) is 3.31. The molecule has 0 saturated carbocycles. The van der Waals surface area contributed by atoms with Gasteiger partial charge in [-0.25, -0.2) is 0 Å². The van der Waals surface area contributed by atoms with E-state index in [1.54, 1.807) is 10.6 Å². The van der Waals surface area contributed by atoms with Crippen LogP contribution in [0.5, 0.6) is 5.75 Å². The molecule has 136 valence electrons. The average Bonchev–Trinajstić information content (AvgIpc) is 2.56. The highest BCUT2D eigenvalue weighted by molar-refractivity contribution is 6.02. The van der Waals surface area contributed by atoms with E-state index in [9.17, 15) is 14.7 Å². The summed E-state index contributed by atoms with van der Waals surface area (Å²) < 4.78 is 1.63. The summed E-state index contributed by atoms with van der Waals surface area (Å²) in [6, 6.07) is 5.59. The largest absolute Gasteiger partial charge is 0.506 e. The van der Waals surface area contributed by atoms with E-state index in [1.165, 1.54) is 0 Å². The van der Waals surface area contributed by atoms with Crippen molar-refractivity contribution < 1.29 is 9.90 Å². The van der Waals surface area contributed by atoms with Crippen molar-refractivity contribution in [3.8, 4) is 5.75 Å². The van der Waals surface area contributed by atoms with Crippen LogP contribution < -0.4 is 10.9 Å². The molecule has 6 nitrogen and oxygen atoms in total. The second-order valence-corrected chi connectivity index (χ2v) is 6.51. The Morgan fingerprint density at radius 1 is 1.36 bits per heavy atom. The minimum Gasteiger partial charge on any atom is -0.506 e. The molecule has 7 heteroatoms. The number of halogens is 1. The molecule has 2 aromatic rings. The molecular formula is C18H24ClN3O3. The summed E-state index contributed by atoms with van der Waals surface area (Å²) in [4.78, 5) is 27.2. The van der Waals surface area contributed by atoms with E-state index < -0.39 is 11.5 Å². The molecule has 0 saturated heterocycles. The van der Waals surface area contributed by atoms with Crippen LogP contribution in [0.3, 0.4) is 0 Å². The van der Waals surface area contributed by atoms with E-state index in [4.69, 9.17) is 0 Å². The van der Waals surface area contributed by atoms with Crippen molar-refractivity contribution in [2.75, 3.05) is 27.2 Å². The summed E-state index contributed by atoms with van der Waals surface area (Å²) in [5, 5.41) is 13.9. The van der Waals surface area contributed by atoms with Gasteiger partial charge in [-0.15, -0.1) is 12.4 Å². The Morgan fingerprint density at radius 3 is 2.84 bits per heavy atom. The Bertz CT molecular complexity index is 846. The van der Waals surface area contributed by atoms with Gasteiger partial charge < -0.3 is 19.9 Å². The Hall–Kier alpha value is -2.05. The number of amides is 1. The fraction of sp³-hybridized carbons (Fsp3) is 0.444. The number of para-hydroxylation sites is 1. The Kier molecular flexibility index (Phi) is 6.08. The van der Waals surface area contributed by atoms with Crippen LogP contribution in [0.15, 0.2) is 23.0 Å². The maximum Gasteiger partial charge on any atom is 0.267 e. The topological polar surface area (TPSA) is 74.6 Å². The zero-order chi connectivity index (χ0) is 17.3. The maximum atomic E-state index is 12.7. The molecular weight excluding hydrogens is 342 g/mol. The number of pyridine rings is 1. The van der Waals surface area contributed by atoms with Crippen LogP contribution in [0.4, 0.5) is 0 Å². The molecule has 0 unspecified atom stereocenters. The number of carbonyl (C=O) groups excluding carboxylic acids is 1. The van der Waals surface area contributed by atoms with Crippen LogP contribution in [0.25, 0.3) is 10.9 Å². The molecule has 0 atom stereocenters. The molecule has 0 fully saturated rings. The van der Waals surface area contributed by atoms with E-state index in [1.807, 2.05) is 31.1 Å². The lowest BCUT2D eigenvalue weighted by Crippen LogP contribution is -2.35. The molecule has 1 aliphatic heterocycles. The van der Waals surface area contributed by atoms with Gasteiger partial charge in [-0.3, -0.25) is 9.59 Å². The van der Waals surface area contributed by atoms with E-state index in [2.05, 4.69) is 5.32 Å². The summed E-state index contributed by atoms with van der Waals surface area (Å²) in [5.74, 6) is -0.710. The van der Waals surface area contributed by atoms with Crippen LogP contribution in [0, 0.1) is 0 Å². The van der Waals surface area contributed by atoms with Gasteiger partial charge in [0, 0.05) is 18.5 Å². The summed E-state index contributed by atoms with van der Waals surface area (Å²) in [6.45, 7) is 1.89. The molecule has 1 aliphatic rings.